The summed E-state index contributed by atoms with van der Waals surface area (Å²) >= 11 is -2.59. The van der Waals surface area contributed by atoms with Crippen LogP contribution in [0.1, 0.15) is 126 Å². The Hall–Kier alpha value is -2.31. The number of rotatable bonds is 8. The van der Waals surface area contributed by atoms with E-state index in [-0.39, 0.29) is 35.6 Å². The van der Waals surface area contributed by atoms with Crippen molar-refractivity contribution in [3.63, 3.8) is 0 Å². The van der Waals surface area contributed by atoms with Gasteiger partial charge < -0.3 is 24.8 Å². The molecule has 0 spiro atoms. The van der Waals surface area contributed by atoms with Crippen molar-refractivity contribution in [1.82, 2.24) is 0 Å². The molecule has 6 rings (SSSR count). The molecule has 0 aliphatic heterocycles. The van der Waals surface area contributed by atoms with Crippen LogP contribution in [-0.4, -0.2) is 3.21 Å². The topological polar surface area (TPSA) is 0 Å². The van der Waals surface area contributed by atoms with E-state index < -0.39 is 21.3 Å². The molecular formula is C49H60Cl2Zr. The Kier molecular flexibility index (Phi) is 13.5. The minimum atomic E-state index is -2.59. The summed E-state index contributed by atoms with van der Waals surface area (Å²) in [6, 6.07) is 28.8. The monoisotopic (exact) mass is 808 g/mol. The minimum absolute atomic E-state index is 0. The van der Waals surface area contributed by atoms with E-state index in [1.807, 2.05) is 3.21 Å². The molecule has 0 saturated heterocycles. The second-order valence-corrected chi connectivity index (χ2v) is 23.8. The fourth-order valence-electron chi connectivity index (χ4n) is 8.73. The van der Waals surface area contributed by atoms with Gasteiger partial charge in [0.05, 0.1) is 0 Å². The summed E-state index contributed by atoms with van der Waals surface area (Å²) in [5.74, 6) is 1.26. The quantitative estimate of drug-likeness (QED) is 0.169. The summed E-state index contributed by atoms with van der Waals surface area (Å²) in [6.07, 6.45) is 10.9. The summed E-state index contributed by atoms with van der Waals surface area (Å²) in [6.45, 7) is 28.9. The Bertz CT molecular complexity index is 1900. The van der Waals surface area contributed by atoms with E-state index in [9.17, 15) is 0 Å². The predicted molar refractivity (Wildman–Crippen MR) is 217 cm³/mol. The van der Waals surface area contributed by atoms with E-state index >= 15 is 0 Å². The average molecular weight is 811 g/mol. The van der Waals surface area contributed by atoms with Crippen molar-refractivity contribution in [2.24, 2.45) is 11.8 Å². The SMILES string of the molecule is CCC(C)[C](C(C)CC)=[Zr+2]([C]1=CC=CC1)[CH]1c2cc(-c3ccccc3C)c(C(C)(C)C)cc2-c2cc(C(C)(C)C)c(-c3ccccc3C)cc21.[Cl-].[Cl-]. The van der Waals surface area contributed by atoms with Gasteiger partial charge in [0, 0.05) is 0 Å². The van der Waals surface area contributed by atoms with Gasteiger partial charge in [0.2, 0.25) is 0 Å². The molecular weight excluding hydrogens is 751 g/mol. The van der Waals surface area contributed by atoms with Gasteiger partial charge in [-0.05, 0) is 0 Å². The summed E-state index contributed by atoms with van der Waals surface area (Å²) < 4.78 is 4.16. The van der Waals surface area contributed by atoms with E-state index in [0.29, 0.717) is 15.5 Å². The largest absolute Gasteiger partial charge is 1.00 e. The number of benzene rings is 4. The average Bonchev–Trinajstić information content (AvgIpc) is 3.71. The predicted octanol–water partition coefficient (Wildman–Crippen LogP) is 8.04. The Balaban J connectivity index is 0.00000302. The molecule has 0 bridgehead atoms. The Morgan fingerprint density at radius 2 is 1.06 bits per heavy atom. The first kappa shape index (κ1) is 42.4. The van der Waals surface area contributed by atoms with E-state index in [1.54, 1.807) is 14.4 Å². The smallest absolute Gasteiger partial charge is 1.00 e. The fraction of sp³-hybridized carbons (Fsp3) is 0.408. The molecule has 0 amide bonds. The third-order valence-electron chi connectivity index (χ3n) is 11.8. The van der Waals surface area contributed by atoms with Crippen molar-refractivity contribution >= 4 is 3.21 Å². The normalized spacial score (nSPS) is 14.7. The summed E-state index contributed by atoms with van der Waals surface area (Å²) in [5, 5.41) is 0. The van der Waals surface area contributed by atoms with Crippen LogP contribution in [0.3, 0.4) is 0 Å². The maximum Gasteiger partial charge on any atom is -1.00 e. The van der Waals surface area contributed by atoms with Crippen molar-refractivity contribution in [3.05, 3.63) is 128 Å². The van der Waals surface area contributed by atoms with Gasteiger partial charge in [-0.25, -0.2) is 0 Å². The molecule has 0 radical (unpaired) electrons. The Morgan fingerprint density at radius 1 is 0.635 bits per heavy atom. The van der Waals surface area contributed by atoms with E-state index in [2.05, 4.69) is 174 Å². The first-order valence-corrected chi connectivity index (χ1v) is 23.1. The zero-order chi connectivity index (χ0) is 36.1. The van der Waals surface area contributed by atoms with Crippen LogP contribution in [0.25, 0.3) is 33.4 Å². The standard InChI is InChI=1S/C35H37.C9H18.C5H5.2ClH.Zr/c1-22-13-9-11-15-26(22)30-18-24-17-25-19-31(27-16-12-10-14-23(27)2)33(35(6,7)8)21-29(25)28(24)20-32(30)34(3,4)5;1-5-8(3)7-9(4)6-2;1-2-4-5-3-1;;;/h9-21H,1-8H3;8-9H,5-6H2,1-4H3;1-3H,4H2;2*1H;/q;;;;;+2/p-2. The van der Waals surface area contributed by atoms with Gasteiger partial charge in [0.15, 0.2) is 0 Å². The van der Waals surface area contributed by atoms with Crippen LogP contribution in [0.4, 0.5) is 0 Å². The van der Waals surface area contributed by atoms with Gasteiger partial charge in [-0.3, -0.25) is 0 Å². The van der Waals surface area contributed by atoms with Crippen LogP contribution in [0.5, 0.6) is 0 Å². The molecule has 2 unspecified atom stereocenters. The van der Waals surface area contributed by atoms with Gasteiger partial charge in [-0.15, -0.1) is 0 Å². The van der Waals surface area contributed by atoms with Gasteiger partial charge >= 0.3 is 314 Å². The molecule has 2 aliphatic carbocycles. The van der Waals surface area contributed by atoms with Crippen molar-refractivity contribution in [1.29, 1.82) is 0 Å². The fourth-order valence-corrected chi connectivity index (χ4v) is 19.2. The van der Waals surface area contributed by atoms with Crippen LogP contribution in [0.2, 0.25) is 0 Å². The summed E-state index contributed by atoms with van der Waals surface area (Å²) in [4.78, 5) is 0. The first-order chi connectivity index (χ1) is 23.7. The van der Waals surface area contributed by atoms with Crippen LogP contribution in [-0.2, 0) is 32.1 Å². The third-order valence-corrected chi connectivity index (χ3v) is 21.3. The number of hydrogen-bond acceptors (Lipinski definition) is 0. The molecule has 4 aromatic carbocycles. The Labute approximate surface area is 336 Å². The second kappa shape index (κ2) is 16.6. The molecule has 0 aromatic heterocycles. The molecule has 0 fully saturated rings. The third kappa shape index (κ3) is 7.90. The van der Waals surface area contributed by atoms with Crippen molar-refractivity contribution in [2.45, 2.75) is 117 Å². The molecule has 52 heavy (non-hydrogen) atoms. The Morgan fingerprint density at radius 3 is 1.40 bits per heavy atom. The van der Waals surface area contributed by atoms with E-state index in [1.165, 1.54) is 68.5 Å². The number of allylic oxidation sites excluding steroid dienone is 4. The first-order valence-electron chi connectivity index (χ1n) is 19.3. The van der Waals surface area contributed by atoms with Crippen molar-refractivity contribution in [3.8, 4) is 33.4 Å². The molecule has 0 N–H and O–H groups in total. The number of fused-ring (bicyclic) bond motifs is 3. The van der Waals surface area contributed by atoms with Crippen molar-refractivity contribution < 1.29 is 46.1 Å². The summed E-state index contributed by atoms with van der Waals surface area (Å²) in [5.41, 5.74) is 17.4. The number of hydrogen-bond donors (Lipinski definition) is 0. The van der Waals surface area contributed by atoms with Crippen LogP contribution in [0.15, 0.2) is 94.3 Å². The molecule has 0 heterocycles. The van der Waals surface area contributed by atoms with E-state index in [0.717, 1.165) is 6.42 Å². The second-order valence-electron chi connectivity index (χ2n) is 17.3. The van der Waals surface area contributed by atoms with Crippen LogP contribution < -0.4 is 24.8 Å². The molecule has 3 heteroatoms. The molecule has 0 nitrogen and oxygen atoms in total. The molecule has 0 saturated carbocycles. The molecule has 2 atom stereocenters. The van der Waals surface area contributed by atoms with Gasteiger partial charge in [0.1, 0.15) is 0 Å². The minimum Gasteiger partial charge on any atom is -1.00 e. The molecule has 4 aromatic rings. The maximum absolute atomic E-state index is 2.70. The van der Waals surface area contributed by atoms with Crippen LogP contribution in [0, 0.1) is 25.7 Å². The number of aryl methyl sites for hydroxylation is 2. The van der Waals surface area contributed by atoms with E-state index in [4.69, 9.17) is 0 Å². The number of halogens is 2. The van der Waals surface area contributed by atoms with Gasteiger partial charge in [0.25, 0.3) is 0 Å². The van der Waals surface area contributed by atoms with Crippen molar-refractivity contribution in [2.75, 3.05) is 0 Å². The van der Waals surface area contributed by atoms with Gasteiger partial charge in [-0.2, -0.15) is 0 Å². The van der Waals surface area contributed by atoms with Gasteiger partial charge in [-0.1, -0.05) is 0 Å². The zero-order valence-electron chi connectivity index (χ0n) is 33.8. The molecule has 274 valence electrons. The maximum atomic E-state index is 2.70. The molecule has 2 aliphatic rings. The zero-order valence-corrected chi connectivity index (χ0v) is 37.7. The van der Waals surface area contributed by atoms with Crippen LogP contribution >= 0.6 is 0 Å². The summed E-state index contributed by atoms with van der Waals surface area (Å²) in [7, 11) is 0.